The Balaban J connectivity index is 1.64. The van der Waals surface area contributed by atoms with E-state index < -0.39 is 0 Å². The number of likely N-dealkylation sites (tertiary alicyclic amines) is 1. The van der Waals surface area contributed by atoms with E-state index in [9.17, 15) is 0 Å². The molecule has 1 saturated carbocycles. The Hall–Kier alpha value is -0.410. The van der Waals surface area contributed by atoms with Crippen molar-refractivity contribution in [1.29, 1.82) is 0 Å². The van der Waals surface area contributed by atoms with E-state index in [2.05, 4.69) is 23.7 Å². The fraction of sp³-hybridized carbons (Fsp3) is 0.769. The molecule has 2 atom stereocenters. The maximum absolute atomic E-state index is 4.64. The second kappa shape index (κ2) is 4.11. The van der Waals surface area contributed by atoms with Crippen molar-refractivity contribution < 1.29 is 0 Å². The summed E-state index contributed by atoms with van der Waals surface area (Å²) in [5.41, 5.74) is 1.22. The Kier molecular flexibility index (Phi) is 2.76. The van der Waals surface area contributed by atoms with Gasteiger partial charge in [0.05, 0.1) is 12.2 Å². The molecule has 3 rings (SSSR count). The third kappa shape index (κ3) is 1.91. The van der Waals surface area contributed by atoms with E-state index >= 15 is 0 Å². The number of nitrogens with zero attached hydrogens (tertiary/aromatic N) is 2. The second-order valence-corrected chi connectivity index (χ2v) is 6.68. The summed E-state index contributed by atoms with van der Waals surface area (Å²) in [5.74, 6) is 2.00. The summed E-state index contributed by atoms with van der Waals surface area (Å²) >= 11 is 1.88. The van der Waals surface area contributed by atoms with Crippen LogP contribution in [-0.4, -0.2) is 23.0 Å². The molecule has 0 spiro atoms. The van der Waals surface area contributed by atoms with Crippen LogP contribution in [0.2, 0.25) is 0 Å². The summed E-state index contributed by atoms with van der Waals surface area (Å²) in [7, 11) is 0. The standard InChI is InChI=1S/C13H20N2S/c1-9-10(2)16-13(14-9)8-15-6-11-4-3-5-12(11)7-15/h11-12H,3-8H2,1-2H3. The summed E-state index contributed by atoms with van der Waals surface area (Å²) < 4.78 is 0. The van der Waals surface area contributed by atoms with Crippen LogP contribution in [0.3, 0.4) is 0 Å². The van der Waals surface area contributed by atoms with Crippen molar-refractivity contribution in [3.8, 4) is 0 Å². The number of hydrogen-bond acceptors (Lipinski definition) is 3. The minimum Gasteiger partial charge on any atom is -0.296 e. The number of aryl methyl sites for hydroxylation is 2. The average molecular weight is 236 g/mol. The molecule has 1 saturated heterocycles. The smallest absolute Gasteiger partial charge is 0.107 e. The molecule has 88 valence electrons. The lowest BCUT2D eigenvalue weighted by Gasteiger charge is -2.14. The van der Waals surface area contributed by atoms with Crippen molar-refractivity contribution in [2.24, 2.45) is 11.8 Å². The van der Waals surface area contributed by atoms with Gasteiger partial charge >= 0.3 is 0 Å². The molecule has 0 radical (unpaired) electrons. The van der Waals surface area contributed by atoms with E-state index in [4.69, 9.17) is 0 Å². The van der Waals surface area contributed by atoms with Gasteiger partial charge in [0.1, 0.15) is 5.01 Å². The summed E-state index contributed by atoms with van der Waals surface area (Å²) in [6.07, 6.45) is 4.41. The van der Waals surface area contributed by atoms with E-state index in [1.807, 2.05) is 11.3 Å². The first-order valence-electron chi connectivity index (χ1n) is 6.37. The third-order valence-corrected chi connectivity index (χ3v) is 5.29. The normalized spacial score (nSPS) is 29.9. The summed E-state index contributed by atoms with van der Waals surface area (Å²) in [4.78, 5) is 8.65. The van der Waals surface area contributed by atoms with Crippen molar-refractivity contribution in [3.63, 3.8) is 0 Å². The quantitative estimate of drug-likeness (QED) is 0.785. The highest BCUT2D eigenvalue weighted by Gasteiger charge is 2.35. The maximum Gasteiger partial charge on any atom is 0.107 e. The van der Waals surface area contributed by atoms with E-state index in [0.29, 0.717) is 0 Å². The van der Waals surface area contributed by atoms with Crippen LogP contribution in [0.4, 0.5) is 0 Å². The molecule has 0 aromatic carbocycles. The molecule has 1 aliphatic carbocycles. The summed E-state index contributed by atoms with van der Waals surface area (Å²) in [6, 6.07) is 0. The zero-order chi connectivity index (χ0) is 11.1. The highest BCUT2D eigenvalue weighted by atomic mass is 32.1. The number of rotatable bonds is 2. The highest BCUT2D eigenvalue weighted by molar-refractivity contribution is 7.11. The van der Waals surface area contributed by atoms with Gasteiger partial charge in [0.2, 0.25) is 0 Å². The van der Waals surface area contributed by atoms with Crippen molar-refractivity contribution in [3.05, 3.63) is 15.6 Å². The Bertz CT molecular complexity index is 354. The fourth-order valence-electron chi connectivity index (χ4n) is 3.26. The molecular weight excluding hydrogens is 216 g/mol. The molecule has 2 fully saturated rings. The molecule has 2 heterocycles. The molecule has 1 aliphatic heterocycles. The van der Waals surface area contributed by atoms with E-state index in [-0.39, 0.29) is 0 Å². The Morgan fingerprint density at radius 1 is 1.25 bits per heavy atom. The first kappa shape index (κ1) is 10.7. The average Bonchev–Trinajstić information content (AvgIpc) is 2.83. The third-order valence-electron chi connectivity index (χ3n) is 4.23. The van der Waals surface area contributed by atoms with Gasteiger partial charge in [-0.15, -0.1) is 11.3 Å². The monoisotopic (exact) mass is 236 g/mol. The Morgan fingerprint density at radius 3 is 2.50 bits per heavy atom. The molecule has 3 heteroatoms. The minimum atomic E-state index is 1.00. The van der Waals surface area contributed by atoms with Crippen LogP contribution in [0.5, 0.6) is 0 Å². The van der Waals surface area contributed by atoms with Crippen molar-refractivity contribution >= 4 is 11.3 Å². The second-order valence-electron chi connectivity index (χ2n) is 5.39. The van der Waals surface area contributed by atoms with Crippen LogP contribution >= 0.6 is 11.3 Å². The number of fused-ring (bicyclic) bond motifs is 1. The summed E-state index contributed by atoms with van der Waals surface area (Å²) in [6.45, 7) is 8.03. The number of thiazole rings is 1. The molecule has 0 bridgehead atoms. The van der Waals surface area contributed by atoms with E-state index in [0.717, 1.165) is 18.4 Å². The van der Waals surface area contributed by atoms with Gasteiger partial charge in [0.15, 0.2) is 0 Å². The summed E-state index contributed by atoms with van der Waals surface area (Å²) in [5, 5.41) is 1.31. The van der Waals surface area contributed by atoms with E-state index in [1.165, 1.54) is 47.9 Å². The van der Waals surface area contributed by atoms with Crippen molar-refractivity contribution in [2.75, 3.05) is 13.1 Å². The van der Waals surface area contributed by atoms with Gasteiger partial charge in [-0.1, -0.05) is 6.42 Å². The fourth-order valence-corrected chi connectivity index (χ4v) is 4.24. The topological polar surface area (TPSA) is 16.1 Å². The zero-order valence-corrected chi connectivity index (χ0v) is 11.0. The predicted molar refractivity (Wildman–Crippen MR) is 67.7 cm³/mol. The van der Waals surface area contributed by atoms with Crippen molar-refractivity contribution in [1.82, 2.24) is 9.88 Å². The molecular formula is C13H20N2S. The van der Waals surface area contributed by atoms with Crippen LogP contribution in [0.1, 0.15) is 34.8 Å². The van der Waals surface area contributed by atoms with Crippen molar-refractivity contribution in [2.45, 2.75) is 39.7 Å². The Labute approximate surface area is 102 Å². The lowest BCUT2D eigenvalue weighted by Crippen LogP contribution is -2.20. The van der Waals surface area contributed by atoms with Crippen LogP contribution in [0, 0.1) is 25.7 Å². The molecule has 1 aromatic rings. The molecule has 0 N–H and O–H groups in total. The molecule has 0 amide bonds. The van der Waals surface area contributed by atoms with Gasteiger partial charge in [-0.3, -0.25) is 4.90 Å². The lowest BCUT2D eigenvalue weighted by atomic mass is 10.0. The minimum absolute atomic E-state index is 1.00. The highest BCUT2D eigenvalue weighted by Crippen LogP contribution is 2.38. The maximum atomic E-state index is 4.64. The van der Waals surface area contributed by atoms with Gasteiger partial charge in [-0.05, 0) is 38.5 Å². The zero-order valence-electron chi connectivity index (χ0n) is 10.2. The van der Waals surface area contributed by atoms with Gasteiger partial charge in [-0.25, -0.2) is 4.98 Å². The molecule has 2 nitrogen and oxygen atoms in total. The number of hydrogen-bond donors (Lipinski definition) is 0. The molecule has 1 aromatic heterocycles. The molecule has 2 unspecified atom stereocenters. The van der Waals surface area contributed by atoms with Crippen LogP contribution in [0.25, 0.3) is 0 Å². The van der Waals surface area contributed by atoms with Gasteiger partial charge in [0, 0.05) is 18.0 Å². The first-order valence-corrected chi connectivity index (χ1v) is 7.19. The van der Waals surface area contributed by atoms with Gasteiger partial charge < -0.3 is 0 Å². The van der Waals surface area contributed by atoms with E-state index in [1.54, 1.807) is 0 Å². The van der Waals surface area contributed by atoms with Crippen LogP contribution in [0.15, 0.2) is 0 Å². The van der Waals surface area contributed by atoms with Gasteiger partial charge in [-0.2, -0.15) is 0 Å². The first-order chi connectivity index (χ1) is 7.72. The van der Waals surface area contributed by atoms with Gasteiger partial charge in [0.25, 0.3) is 0 Å². The van der Waals surface area contributed by atoms with Crippen LogP contribution < -0.4 is 0 Å². The van der Waals surface area contributed by atoms with Crippen LogP contribution in [-0.2, 0) is 6.54 Å². The predicted octanol–water partition coefficient (Wildman–Crippen LogP) is 2.99. The Morgan fingerprint density at radius 2 is 1.94 bits per heavy atom. The molecule has 16 heavy (non-hydrogen) atoms. The lowest BCUT2D eigenvalue weighted by molar-refractivity contribution is 0.303. The SMILES string of the molecule is Cc1nc(CN2CC3CCCC3C2)sc1C. The molecule has 2 aliphatic rings. The number of aromatic nitrogens is 1. The largest absolute Gasteiger partial charge is 0.296 e.